The van der Waals surface area contributed by atoms with Gasteiger partial charge in [0.25, 0.3) is 0 Å². The van der Waals surface area contributed by atoms with Crippen molar-refractivity contribution in [1.29, 1.82) is 5.26 Å². The molecule has 0 aliphatic heterocycles. The first-order valence-corrected chi connectivity index (χ1v) is 6.55. The lowest BCUT2D eigenvalue weighted by Crippen LogP contribution is -2.28. The molecule has 0 bridgehead atoms. The standard InChI is InChI=1S/C10H18N2O3S/c1-12(6-3-5-11)10(13)4-8-16(14)9-7-15-2/h3-4,6-9H2,1-2H3. The molecule has 0 saturated carbocycles. The molecule has 0 saturated heterocycles. The van der Waals surface area contributed by atoms with Crippen LogP contribution >= 0.6 is 0 Å². The summed E-state index contributed by atoms with van der Waals surface area (Å²) in [5.74, 6) is 0.756. The summed E-state index contributed by atoms with van der Waals surface area (Å²) in [5.41, 5.74) is 0. The van der Waals surface area contributed by atoms with Gasteiger partial charge in [0, 0.05) is 49.4 Å². The predicted octanol–water partition coefficient (Wildman–Crippen LogP) is 0.144. The average molecular weight is 246 g/mol. The molecule has 0 spiro atoms. The number of rotatable bonds is 8. The second-order valence-electron chi connectivity index (χ2n) is 3.31. The highest BCUT2D eigenvalue weighted by atomic mass is 32.2. The van der Waals surface area contributed by atoms with Crippen LogP contribution in [0.4, 0.5) is 0 Å². The van der Waals surface area contributed by atoms with Gasteiger partial charge in [0.05, 0.1) is 19.1 Å². The van der Waals surface area contributed by atoms with Crippen molar-refractivity contribution in [2.75, 3.05) is 38.8 Å². The molecular weight excluding hydrogens is 228 g/mol. The minimum atomic E-state index is -1.00. The number of ether oxygens (including phenoxy) is 1. The third-order valence-electron chi connectivity index (χ3n) is 2.04. The van der Waals surface area contributed by atoms with Crippen LogP contribution in [0, 0.1) is 11.3 Å². The number of carbonyl (C=O) groups is 1. The maximum Gasteiger partial charge on any atom is 0.223 e. The van der Waals surface area contributed by atoms with E-state index < -0.39 is 10.8 Å². The van der Waals surface area contributed by atoms with E-state index in [1.54, 1.807) is 14.2 Å². The van der Waals surface area contributed by atoms with E-state index in [-0.39, 0.29) is 12.3 Å². The van der Waals surface area contributed by atoms with Crippen LogP contribution in [0.2, 0.25) is 0 Å². The predicted molar refractivity (Wildman–Crippen MR) is 62.2 cm³/mol. The van der Waals surface area contributed by atoms with Crippen molar-refractivity contribution in [3.8, 4) is 6.07 Å². The van der Waals surface area contributed by atoms with Gasteiger partial charge in [0.15, 0.2) is 0 Å². The molecule has 0 aliphatic carbocycles. The molecule has 0 fully saturated rings. The highest BCUT2D eigenvalue weighted by Gasteiger charge is 2.10. The quantitative estimate of drug-likeness (QED) is 0.611. The normalized spacial score (nSPS) is 11.8. The lowest BCUT2D eigenvalue weighted by molar-refractivity contribution is -0.129. The summed E-state index contributed by atoms with van der Waals surface area (Å²) in [6.45, 7) is 0.880. The van der Waals surface area contributed by atoms with E-state index in [0.29, 0.717) is 31.1 Å². The van der Waals surface area contributed by atoms with Crippen LogP contribution < -0.4 is 0 Å². The maximum atomic E-state index is 11.5. The molecule has 0 aromatic rings. The Morgan fingerprint density at radius 3 is 2.75 bits per heavy atom. The SMILES string of the molecule is COCCS(=O)CCC(=O)N(C)CCC#N. The van der Waals surface area contributed by atoms with Crippen LogP contribution in [0.25, 0.3) is 0 Å². The number of hydrogen-bond donors (Lipinski definition) is 0. The van der Waals surface area contributed by atoms with Crippen molar-refractivity contribution < 1.29 is 13.7 Å². The van der Waals surface area contributed by atoms with Gasteiger partial charge in [0.1, 0.15) is 0 Å². The third kappa shape index (κ3) is 7.37. The second-order valence-corrected chi connectivity index (χ2v) is 5.01. The van der Waals surface area contributed by atoms with Crippen molar-refractivity contribution in [3.05, 3.63) is 0 Å². The molecule has 0 radical (unpaired) electrons. The summed E-state index contributed by atoms with van der Waals surface area (Å²) in [7, 11) is 2.20. The lowest BCUT2D eigenvalue weighted by Gasteiger charge is -2.14. The molecule has 5 nitrogen and oxygen atoms in total. The van der Waals surface area contributed by atoms with Crippen LogP contribution in [0.15, 0.2) is 0 Å². The van der Waals surface area contributed by atoms with Crippen molar-refractivity contribution in [2.24, 2.45) is 0 Å². The molecule has 0 N–H and O–H groups in total. The zero-order valence-electron chi connectivity index (χ0n) is 9.77. The Hall–Kier alpha value is -0.930. The summed E-state index contributed by atoms with van der Waals surface area (Å²) in [6.07, 6.45) is 0.591. The second kappa shape index (κ2) is 9.31. The molecule has 16 heavy (non-hydrogen) atoms. The Balaban J connectivity index is 3.71. The van der Waals surface area contributed by atoms with E-state index in [4.69, 9.17) is 10.00 Å². The molecule has 0 aliphatic rings. The van der Waals surface area contributed by atoms with Gasteiger partial charge in [0.2, 0.25) is 5.91 Å². The lowest BCUT2D eigenvalue weighted by atomic mass is 10.3. The number of nitriles is 1. The van der Waals surface area contributed by atoms with Crippen LogP contribution in [-0.2, 0) is 20.3 Å². The zero-order valence-corrected chi connectivity index (χ0v) is 10.6. The zero-order chi connectivity index (χ0) is 12.4. The molecule has 1 amide bonds. The van der Waals surface area contributed by atoms with Crippen LogP contribution in [-0.4, -0.2) is 53.8 Å². The fourth-order valence-electron chi connectivity index (χ4n) is 1.01. The molecule has 6 heteroatoms. The summed E-state index contributed by atoms with van der Waals surface area (Å²) in [5, 5.41) is 8.36. The van der Waals surface area contributed by atoms with Crippen LogP contribution in [0.3, 0.4) is 0 Å². The van der Waals surface area contributed by atoms with Gasteiger partial charge < -0.3 is 9.64 Å². The van der Waals surface area contributed by atoms with Crippen molar-refractivity contribution in [3.63, 3.8) is 0 Å². The Morgan fingerprint density at radius 2 is 2.19 bits per heavy atom. The van der Waals surface area contributed by atoms with Gasteiger partial charge >= 0.3 is 0 Å². The van der Waals surface area contributed by atoms with E-state index >= 15 is 0 Å². The Kier molecular flexibility index (Phi) is 8.77. The molecule has 0 rings (SSSR count). The van der Waals surface area contributed by atoms with Crippen molar-refractivity contribution >= 4 is 16.7 Å². The Labute approximate surface area is 98.8 Å². The first-order chi connectivity index (χ1) is 7.61. The fourth-order valence-corrected chi connectivity index (χ4v) is 1.97. The number of carbonyl (C=O) groups excluding carboxylic acids is 1. The average Bonchev–Trinajstić information content (AvgIpc) is 2.30. The number of methoxy groups -OCH3 is 1. The molecule has 92 valence electrons. The largest absolute Gasteiger partial charge is 0.384 e. The number of nitrogens with zero attached hydrogens (tertiary/aromatic N) is 2. The van der Waals surface area contributed by atoms with Crippen molar-refractivity contribution in [2.45, 2.75) is 12.8 Å². The molecule has 1 unspecified atom stereocenters. The number of amides is 1. The van der Waals surface area contributed by atoms with Gasteiger partial charge in [-0.05, 0) is 0 Å². The van der Waals surface area contributed by atoms with E-state index in [2.05, 4.69) is 0 Å². The van der Waals surface area contributed by atoms with Crippen molar-refractivity contribution in [1.82, 2.24) is 4.90 Å². The van der Waals surface area contributed by atoms with E-state index in [9.17, 15) is 9.00 Å². The monoisotopic (exact) mass is 246 g/mol. The highest BCUT2D eigenvalue weighted by Crippen LogP contribution is 1.95. The maximum absolute atomic E-state index is 11.5. The minimum absolute atomic E-state index is 0.0685. The topological polar surface area (TPSA) is 70.4 Å². The summed E-state index contributed by atoms with van der Waals surface area (Å²) in [4.78, 5) is 13.0. The first kappa shape index (κ1) is 15.1. The summed E-state index contributed by atoms with van der Waals surface area (Å²) < 4.78 is 16.1. The van der Waals surface area contributed by atoms with E-state index in [1.807, 2.05) is 6.07 Å². The van der Waals surface area contributed by atoms with E-state index in [0.717, 1.165) is 0 Å². The van der Waals surface area contributed by atoms with Gasteiger partial charge in [-0.2, -0.15) is 5.26 Å². The third-order valence-corrected chi connectivity index (χ3v) is 3.32. The molecule has 0 aromatic heterocycles. The first-order valence-electron chi connectivity index (χ1n) is 5.06. The number of hydrogen-bond acceptors (Lipinski definition) is 4. The van der Waals surface area contributed by atoms with E-state index in [1.165, 1.54) is 4.90 Å². The van der Waals surface area contributed by atoms with Crippen LogP contribution in [0.5, 0.6) is 0 Å². The summed E-state index contributed by atoms with van der Waals surface area (Å²) in [6, 6.07) is 1.98. The molecule has 1 atom stereocenters. The smallest absolute Gasteiger partial charge is 0.223 e. The summed E-state index contributed by atoms with van der Waals surface area (Å²) >= 11 is 0. The fraction of sp³-hybridized carbons (Fsp3) is 0.800. The molecule has 0 aromatic carbocycles. The van der Waals surface area contributed by atoms with Gasteiger partial charge in [-0.3, -0.25) is 9.00 Å². The minimum Gasteiger partial charge on any atom is -0.384 e. The molecule has 0 heterocycles. The van der Waals surface area contributed by atoms with Crippen LogP contribution in [0.1, 0.15) is 12.8 Å². The Morgan fingerprint density at radius 1 is 1.50 bits per heavy atom. The molecular formula is C10H18N2O3S. The van der Waals surface area contributed by atoms with Gasteiger partial charge in [-0.1, -0.05) is 0 Å². The Bertz CT molecular complexity index is 276. The van der Waals surface area contributed by atoms with Gasteiger partial charge in [-0.15, -0.1) is 0 Å². The highest BCUT2D eigenvalue weighted by molar-refractivity contribution is 7.85. The van der Waals surface area contributed by atoms with Gasteiger partial charge in [-0.25, -0.2) is 0 Å².